The zero-order valence-electron chi connectivity index (χ0n) is 6.92. The molecule has 60 valence electrons. The molecule has 0 amide bonds. The van der Waals surface area contributed by atoms with E-state index in [1.54, 1.807) is 0 Å². The van der Waals surface area contributed by atoms with Crippen LogP contribution in [0.2, 0.25) is 0 Å². The van der Waals surface area contributed by atoms with Crippen molar-refractivity contribution in [1.29, 1.82) is 0 Å². The zero-order chi connectivity index (χ0) is 8.53. The van der Waals surface area contributed by atoms with Crippen molar-refractivity contribution >= 4 is 22.0 Å². The van der Waals surface area contributed by atoms with Crippen LogP contribution in [0.5, 0.6) is 0 Å². The molecule has 1 aromatic carbocycles. The molecule has 0 aliphatic heterocycles. The summed E-state index contributed by atoms with van der Waals surface area (Å²) in [4.78, 5) is 0. The van der Waals surface area contributed by atoms with Gasteiger partial charge in [0.15, 0.2) is 0 Å². The Labute approximate surface area is 77.1 Å². The predicted molar refractivity (Wildman–Crippen MR) is 56.0 cm³/mol. The van der Waals surface area contributed by atoms with E-state index in [1.165, 1.54) is 5.56 Å². The lowest BCUT2D eigenvalue weighted by atomic mass is 10.2. The molecule has 0 nitrogen and oxygen atoms in total. The predicted octanol–water partition coefficient (Wildman–Crippen LogP) is 3.73. The molecule has 0 aliphatic carbocycles. The van der Waals surface area contributed by atoms with Gasteiger partial charge in [0, 0.05) is 0 Å². The van der Waals surface area contributed by atoms with E-state index < -0.39 is 0 Å². The fourth-order valence-electron chi connectivity index (χ4n) is 0.757. The first-order chi connectivity index (χ1) is 5.43. The van der Waals surface area contributed by atoms with E-state index in [-0.39, 0.29) is 0 Å². The fourth-order valence-corrected chi connectivity index (χ4v) is 0.757. The van der Waals surface area contributed by atoms with Crippen LogP contribution in [0.4, 0.5) is 0 Å². The van der Waals surface area contributed by atoms with Gasteiger partial charge in [0.25, 0.3) is 0 Å². The number of alkyl halides is 1. The maximum Gasteiger partial charge on any atom is -0.00848 e. The molecule has 0 atom stereocenters. The highest BCUT2D eigenvalue weighted by atomic mass is 79.9. The molecule has 0 N–H and O–H groups in total. The Morgan fingerprint density at radius 1 is 1.09 bits per heavy atom. The highest BCUT2D eigenvalue weighted by molar-refractivity contribution is 9.08. The minimum atomic E-state index is 1.26. The quantitative estimate of drug-likeness (QED) is 0.623. The molecule has 0 fully saturated rings. The van der Waals surface area contributed by atoms with Gasteiger partial charge in [-0.1, -0.05) is 58.4 Å². The summed E-state index contributed by atoms with van der Waals surface area (Å²) in [5, 5.41) is 0. The molecule has 0 saturated carbocycles. The summed E-state index contributed by atoms with van der Waals surface area (Å²) in [6.07, 6.45) is 4.12. The summed E-state index contributed by atoms with van der Waals surface area (Å²) in [7, 11) is 0. The molecule has 0 bridgehead atoms. The van der Waals surface area contributed by atoms with Gasteiger partial charge >= 0.3 is 0 Å². The van der Waals surface area contributed by atoms with Crippen molar-refractivity contribution in [2.24, 2.45) is 0 Å². The normalized spacial score (nSPS) is 9.00. The smallest absolute Gasteiger partial charge is 0.00848 e. The fraction of sp³-hybridized carbons (Fsp3) is 0.200. The number of hydrogen-bond donors (Lipinski definition) is 0. The number of rotatable bonds is 1. The largest absolute Gasteiger partial charge is 0.0966 e. The summed E-state index contributed by atoms with van der Waals surface area (Å²) >= 11 is 2.94. The zero-order valence-corrected chi connectivity index (χ0v) is 8.51. The van der Waals surface area contributed by atoms with Crippen LogP contribution in [0.15, 0.2) is 36.4 Å². The number of allylic oxidation sites excluding steroid dienone is 1. The molecular formula is C10H13Br. The first-order valence-electron chi connectivity index (χ1n) is 3.49. The second-order valence-electron chi connectivity index (χ2n) is 1.91. The van der Waals surface area contributed by atoms with Crippen LogP contribution in [0, 0.1) is 0 Å². The minimum absolute atomic E-state index is 1.26. The van der Waals surface area contributed by atoms with Crippen LogP contribution in [0.3, 0.4) is 0 Å². The molecule has 1 aromatic rings. The highest BCUT2D eigenvalue weighted by Gasteiger charge is 1.77. The molecule has 1 rings (SSSR count). The molecule has 0 aliphatic rings. The van der Waals surface area contributed by atoms with E-state index >= 15 is 0 Å². The maximum absolute atomic E-state index is 2.94. The van der Waals surface area contributed by atoms with Gasteiger partial charge in [0.2, 0.25) is 0 Å². The Morgan fingerprint density at radius 2 is 1.64 bits per heavy atom. The topological polar surface area (TPSA) is 0 Å². The minimum Gasteiger partial charge on any atom is -0.0966 e. The third kappa shape index (κ3) is 4.79. The third-order valence-electron chi connectivity index (χ3n) is 1.16. The van der Waals surface area contributed by atoms with Crippen molar-refractivity contribution < 1.29 is 0 Å². The Morgan fingerprint density at radius 3 is 2.09 bits per heavy atom. The molecule has 1 heteroatoms. The van der Waals surface area contributed by atoms with Crippen molar-refractivity contribution in [2.75, 3.05) is 5.83 Å². The van der Waals surface area contributed by atoms with Crippen LogP contribution >= 0.6 is 15.9 Å². The van der Waals surface area contributed by atoms with Crippen molar-refractivity contribution in [3.63, 3.8) is 0 Å². The summed E-state index contributed by atoms with van der Waals surface area (Å²) in [6, 6.07) is 10.3. The number of benzene rings is 1. The molecular weight excluding hydrogens is 200 g/mol. The number of halogens is 1. The van der Waals surface area contributed by atoms with E-state index in [2.05, 4.69) is 34.1 Å². The lowest BCUT2D eigenvalue weighted by Crippen LogP contribution is -1.65. The van der Waals surface area contributed by atoms with Gasteiger partial charge in [-0.05, 0) is 18.3 Å². The van der Waals surface area contributed by atoms with Crippen molar-refractivity contribution in [2.45, 2.75) is 6.92 Å². The second kappa shape index (κ2) is 7.55. The van der Waals surface area contributed by atoms with E-state index in [4.69, 9.17) is 0 Å². The standard InChI is InChI=1S/C9H10.CH3Br/c1-2-6-9-7-4-3-5-8-9;1-2/h2-8H,1H3;1H3/b6-2+;. The monoisotopic (exact) mass is 212 g/mol. The van der Waals surface area contributed by atoms with E-state index in [1.807, 2.05) is 37.0 Å². The molecule has 0 unspecified atom stereocenters. The van der Waals surface area contributed by atoms with Crippen LogP contribution in [0.1, 0.15) is 12.5 Å². The summed E-state index contributed by atoms with van der Waals surface area (Å²) < 4.78 is 0. The van der Waals surface area contributed by atoms with Gasteiger partial charge in [0.1, 0.15) is 0 Å². The lowest BCUT2D eigenvalue weighted by molar-refractivity contribution is 1.64. The van der Waals surface area contributed by atoms with E-state index in [9.17, 15) is 0 Å². The summed E-state index contributed by atoms with van der Waals surface area (Å²) in [5.74, 6) is 1.81. The average Bonchev–Trinajstić information content (AvgIpc) is 2.11. The first kappa shape index (κ1) is 10.4. The Balaban J connectivity index is 0.000000461. The van der Waals surface area contributed by atoms with Crippen molar-refractivity contribution in [3.05, 3.63) is 42.0 Å². The van der Waals surface area contributed by atoms with Gasteiger partial charge in [-0.2, -0.15) is 0 Å². The van der Waals surface area contributed by atoms with Crippen LogP contribution in [0.25, 0.3) is 6.08 Å². The first-order valence-corrected chi connectivity index (χ1v) is 5.07. The Kier molecular flexibility index (Phi) is 7.16. The van der Waals surface area contributed by atoms with Gasteiger partial charge in [-0.15, -0.1) is 0 Å². The Hall–Kier alpha value is -0.560. The van der Waals surface area contributed by atoms with Crippen molar-refractivity contribution in [3.8, 4) is 0 Å². The molecule has 0 heterocycles. The van der Waals surface area contributed by atoms with Crippen LogP contribution in [-0.4, -0.2) is 5.83 Å². The molecule has 0 radical (unpaired) electrons. The SMILES string of the molecule is C/C=C/c1ccccc1.CBr. The highest BCUT2D eigenvalue weighted by Crippen LogP contribution is 1.99. The molecule has 11 heavy (non-hydrogen) atoms. The van der Waals surface area contributed by atoms with E-state index in [0.717, 1.165) is 0 Å². The summed E-state index contributed by atoms with van der Waals surface area (Å²) in [5.41, 5.74) is 1.26. The van der Waals surface area contributed by atoms with Gasteiger partial charge in [-0.25, -0.2) is 0 Å². The molecule has 0 spiro atoms. The maximum atomic E-state index is 2.94. The van der Waals surface area contributed by atoms with Crippen LogP contribution in [-0.2, 0) is 0 Å². The van der Waals surface area contributed by atoms with Crippen LogP contribution < -0.4 is 0 Å². The second-order valence-corrected chi connectivity index (χ2v) is 1.91. The average molecular weight is 213 g/mol. The third-order valence-corrected chi connectivity index (χ3v) is 1.16. The molecule has 0 aromatic heterocycles. The molecule has 0 saturated heterocycles. The van der Waals surface area contributed by atoms with Gasteiger partial charge in [0.05, 0.1) is 0 Å². The van der Waals surface area contributed by atoms with Crippen molar-refractivity contribution in [1.82, 2.24) is 0 Å². The van der Waals surface area contributed by atoms with Gasteiger partial charge < -0.3 is 0 Å². The lowest BCUT2D eigenvalue weighted by Gasteiger charge is -1.86. The number of hydrogen-bond acceptors (Lipinski definition) is 0. The van der Waals surface area contributed by atoms with Gasteiger partial charge in [-0.3, -0.25) is 0 Å². The van der Waals surface area contributed by atoms with E-state index in [0.29, 0.717) is 0 Å². The Bertz CT molecular complexity index is 189. The summed E-state index contributed by atoms with van der Waals surface area (Å²) in [6.45, 7) is 2.02.